The predicted molar refractivity (Wildman–Crippen MR) is 91.8 cm³/mol. The molecule has 1 aliphatic heterocycles. The van der Waals surface area contributed by atoms with Gasteiger partial charge in [0, 0.05) is 13.0 Å². The van der Waals surface area contributed by atoms with Gasteiger partial charge in [-0.05, 0) is 27.2 Å². The molecule has 2 heterocycles. The molecule has 8 nitrogen and oxygen atoms in total. The molecule has 1 aliphatic rings. The Balaban J connectivity index is 2.07. The van der Waals surface area contributed by atoms with Crippen LogP contribution in [0.2, 0.25) is 5.15 Å². The number of hydrogen-bond donors (Lipinski definition) is 1. The van der Waals surface area contributed by atoms with Crippen molar-refractivity contribution in [3.8, 4) is 5.88 Å². The average molecular weight is 371 g/mol. The van der Waals surface area contributed by atoms with Crippen molar-refractivity contribution in [1.82, 2.24) is 14.9 Å². The first-order valence-electron chi connectivity index (χ1n) is 8.11. The minimum absolute atomic E-state index is 0.0762. The Morgan fingerprint density at radius 2 is 2.04 bits per heavy atom. The van der Waals surface area contributed by atoms with E-state index in [0.29, 0.717) is 31.6 Å². The van der Waals surface area contributed by atoms with Gasteiger partial charge in [-0.25, -0.2) is 9.78 Å². The molecule has 0 unspecified atom stereocenters. The first kappa shape index (κ1) is 19.2. The summed E-state index contributed by atoms with van der Waals surface area (Å²) in [5.41, 5.74) is 5.10. The Bertz CT molecular complexity index is 675. The second-order valence-electron chi connectivity index (χ2n) is 6.79. The number of likely N-dealkylation sites (tertiary alicyclic amines) is 1. The van der Waals surface area contributed by atoms with Gasteiger partial charge >= 0.3 is 6.09 Å². The fourth-order valence-electron chi connectivity index (χ4n) is 2.39. The summed E-state index contributed by atoms with van der Waals surface area (Å²) in [5, 5.41) is -0.0957. The zero-order chi connectivity index (χ0) is 18.8. The lowest BCUT2D eigenvalue weighted by Crippen LogP contribution is -2.36. The smallest absolute Gasteiger partial charge is 0.410 e. The fourth-order valence-corrected chi connectivity index (χ4v) is 2.60. The molecule has 0 saturated carbocycles. The lowest BCUT2D eigenvalue weighted by molar-refractivity contribution is 0.0274. The van der Waals surface area contributed by atoms with Gasteiger partial charge in [0.25, 0.3) is 5.91 Å². The highest BCUT2D eigenvalue weighted by Gasteiger charge is 2.31. The molecule has 1 atom stereocenters. The summed E-state index contributed by atoms with van der Waals surface area (Å²) in [6, 6.07) is 0. The zero-order valence-electron chi connectivity index (χ0n) is 14.8. The van der Waals surface area contributed by atoms with Crippen molar-refractivity contribution in [2.75, 3.05) is 13.1 Å². The molecular formula is C16H23ClN4O4. The van der Waals surface area contributed by atoms with Crippen LogP contribution in [0, 0.1) is 0 Å². The molecule has 1 saturated heterocycles. The number of aromatic nitrogens is 2. The molecule has 1 fully saturated rings. The van der Waals surface area contributed by atoms with E-state index < -0.39 is 11.5 Å². The summed E-state index contributed by atoms with van der Waals surface area (Å²) < 4.78 is 11.2. The van der Waals surface area contributed by atoms with Crippen molar-refractivity contribution in [3.63, 3.8) is 0 Å². The lowest BCUT2D eigenvalue weighted by atomic mass is 10.2. The highest BCUT2D eigenvalue weighted by molar-refractivity contribution is 6.32. The van der Waals surface area contributed by atoms with Crippen LogP contribution in [0.3, 0.4) is 0 Å². The second kappa shape index (κ2) is 7.43. The normalized spacial score (nSPS) is 17.5. The largest absolute Gasteiger partial charge is 0.471 e. The maximum Gasteiger partial charge on any atom is 0.410 e. The molecule has 0 bridgehead atoms. The van der Waals surface area contributed by atoms with Gasteiger partial charge in [-0.2, -0.15) is 4.98 Å². The third-order valence-corrected chi connectivity index (χ3v) is 3.80. The highest BCUT2D eigenvalue weighted by Crippen LogP contribution is 2.24. The average Bonchev–Trinajstić information content (AvgIpc) is 2.94. The van der Waals surface area contributed by atoms with Crippen LogP contribution in [0.25, 0.3) is 0 Å². The number of halogens is 1. The van der Waals surface area contributed by atoms with Crippen LogP contribution in [-0.4, -0.2) is 51.7 Å². The molecular weight excluding hydrogens is 348 g/mol. The van der Waals surface area contributed by atoms with Gasteiger partial charge in [-0.15, -0.1) is 0 Å². The second-order valence-corrected chi connectivity index (χ2v) is 7.15. The van der Waals surface area contributed by atoms with Crippen molar-refractivity contribution < 1.29 is 19.1 Å². The number of carbonyl (C=O) groups excluding carboxylic acids is 2. The molecule has 1 aromatic heterocycles. The van der Waals surface area contributed by atoms with Crippen LogP contribution in [0.1, 0.15) is 50.3 Å². The molecule has 9 heteroatoms. The number of amides is 2. The summed E-state index contributed by atoms with van der Waals surface area (Å²) in [7, 11) is 0. The van der Waals surface area contributed by atoms with Gasteiger partial charge in [0.15, 0.2) is 10.8 Å². The van der Waals surface area contributed by atoms with E-state index >= 15 is 0 Å². The fraction of sp³-hybridized carbons (Fsp3) is 0.625. The molecule has 25 heavy (non-hydrogen) atoms. The summed E-state index contributed by atoms with van der Waals surface area (Å²) in [6.45, 7) is 8.23. The summed E-state index contributed by atoms with van der Waals surface area (Å²) in [4.78, 5) is 33.2. The van der Waals surface area contributed by atoms with E-state index in [-0.39, 0.29) is 28.9 Å². The van der Waals surface area contributed by atoms with Crippen LogP contribution in [0.5, 0.6) is 5.88 Å². The summed E-state index contributed by atoms with van der Waals surface area (Å²) in [6.07, 6.45) is 0.520. The SMILES string of the molecule is CCc1nc(C(N)=O)c(Cl)nc1O[C@@H]1CCN(C(=O)OC(C)(C)C)C1. The minimum atomic E-state index is -0.740. The third-order valence-electron chi connectivity index (χ3n) is 3.53. The Labute approximate surface area is 151 Å². The number of ether oxygens (including phenoxy) is 2. The standard InChI is InChI=1S/C16H23ClN4O4/c1-5-10-14(20-12(17)11(19-10)13(18)22)24-9-6-7-21(8-9)15(23)25-16(2,3)4/h9H,5-8H2,1-4H3,(H2,18,22)/t9-/m1/s1. The maximum absolute atomic E-state index is 12.1. The Morgan fingerprint density at radius 1 is 1.36 bits per heavy atom. The molecule has 1 aromatic rings. The molecule has 2 N–H and O–H groups in total. The van der Waals surface area contributed by atoms with Crippen LogP contribution in [0.4, 0.5) is 4.79 Å². The monoisotopic (exact) mass is 370 g/mol. The van der Waals surface area contributed by atoms with Crippen molar-refractivity contribution >= 4 is 23.6 Å². The Hall–Kier alpha value is -2.09. The van der Waals surface area contributed by atoms with E-state index in [1.54, 1.807) is 4.90 Å². The van der Waals surface area contributed by atoms with Crippen LogP contribution >= 0.6 is 11.6 Å². The van der Waals surface area contributed by atoms with Gasteiger partial charge in [-0.3, -0.25) is 4.79 Å². The zero-order valence-corrected chi connectivity index (χ0v) is 15.6. The molecule has 0 aromatic carbocycles. The Kier molecular flexibility index (Phi) is 5.72. The van der Waals surface area contributed by atoms with Crippen molar-refractivity contribution in [3.05, 3.63) is 16.5 Å². The molecule has 0 radical (unpaired) electrons. The molecule has 2 rings (SSSR count). The van der Waals surface area contributed by atoms with Gasteiger partial charge in [0.05, 0.1) is 6.54 Å². The van der Waals surface area contributed by atoms with E-state index in [1.807, 2.05) is 27.7 Å². The van der Waals surface area contributed by atoms with Crippen molar-refractivity contribution in [2.45, 2.75) is 52.2 Å². The van der Waals surface area contributed by atoms with Crippen LogP contribution in [0.15, 0.2) is 0 Å². The quantitative estimate of drug-likeness (QED) is 0.870. The van der Waals surface area contributed by atoms with Crippen LogP contribution in [-0.2, 0) is 11.2 Å². The Morgan fingerprint density at radius 3 is 2.60 bits per heavy atom. The summed E-state index contributed by atoms with van der Waals surface area (Å²) in [5.74, 6) is -0.482. The molecule has 0 spiro atoms. The van der Waals surface area contributed by atoms with Gasteiger partial charge in [0.2, 0.25) is 5.88 Å². The first-order valence-corrected chi connectivity index (χ1v) is 8.49. The number of carbonyl (C=O) groups is 2. The topological polar surface area (TPSA) is 108 Å². The molecule has 138 valence electrons. The maximum atomic E-state index is 12.1. The van der Waals surface area contributed by atoms with Gasteiger partial charge < -0.3 is 20.1 Å². The van der Waals surface area contributed by atoms with Crippen molar-refractivity contribution in [1.29, 1.82) is 0 Å². The van der Waals surface area contributed by atoms with E-state index in [2.05, 4.69) is 9.97 Å². The first-order chi connectivity index (χ1) is 11.6. The van der Waals surface area contributed by atoms with E-state index in [1.165, 1.54) is 0 Å². The van der Waals surface area contributed by atoms with Gasteiger partial charge in [-0.1, -0.05) is 18.5 Å². The number of nitrogens with zero attached hydrogens (tertiary/aromatic N) is 3. The lowest BCUT2D eigenvalue weighted by Gasteiger charge is -2.24. The third kappa shape index (κ3) is 4.94. The van der Waals surface area contributed by atoms with E-state index in [9.17, 15) is 9.59 Å². The molecule has 2 amide bonds. The summed E-state index contributed by atoms with van der Waals surface area (Å²) >= 11 is 5.95. The van der Waals surface area contributed by atoms with Crippen LogP contribution < -0.4 is 10.5 Å². The highest BCUT2D eigenvalue weighted by atomic mass is 35.5. The number of rotatable bonds is 4. The number of aryl methyl sites for hydroxylation is 1. The number of hydrogen-bond acceptors (Lipinski definition) is 6. The molecule has 0 aliphatic carbocycles. The van der Waals surface area contributed by atoms with E-state index in [0.717, 1.165) is 0 Å². The van der Waals surface area contributed by atoms with Gasteiger partial charge in [0.1, 0.15) is 17.4 Å². The number of nitrogens with two attached hydrogens (primary N) is 1. The number of primary amides is 1. The minimum Gasteiger partial charge on any atom is -0.471 e. The predicted octanol–water partition coefficient (Wildman–Crippen LogP) is 2.18. The van der Waals surface area contributed by atoms with E-state index in [4.69, 9.17) is 26.8 Å². The van der Waals surface area contributed by atoms with Crippen molar-refractivity contribution in [2.24, 2.45) is 5.73 Å².